The van der Waals surface area contributed by atoms with E-state index >= 15 is 0 Å². The summed E-state index contributed by atoms with van der Waals surface area (Å²) < 4.78 is 3.00. The number of hydrogen-bond donors (Lipinski definition) is 0. The first-order chi connectivity index (χ1) is 13.8. The maximum absolute atomic E-state index is 2.32. The summed E-state index contributed by atoms with van der Waals surface area (Å²) in [5, 5.41) is 0. The Bertz CT molecular complexity index is 891. The fourth-order valence-electron chi connectivity index (χ4n) is 3.09. The van der Waals surface area contributed by atoms with Gasteiger partial charge < -0.3 is 0 Å². The Morgan fingerprint density at radius 1 is 0.357 bits per heavy atom. The van der Waals surface area contributed by atoms with E-state index in [-0.39, 0.29) is 0 Å². The Hall–Kier alpha value is -2.08. The van der Waals surface area contributed by atoms with E-state index in [2.05, 4.69) is 109 Å². The van der Waals surface area contributed by atoms with Gasteiger partial charge >= 0.3 is 179 Å². The third-order valence-electron chi connectivity index (χ3n) is 4.58. The van der Waals surface area contributed by atoms with Gasteiger partial charge in [-0.25, -0.2) is 0 Å². The van der Waals surface area contributed by atoms with Gasteiger partial charge in [0.05, 0.1) is 0 Å². The zero-order valence-electron chi connectivity index (χ0n) is 15.6. The van der Waals surface area contributed by atoms with E-state index in [0.717, 1.165) is 12.8 Å². The molecule has 4 aromatic rings. The fourth-order valence-corrected chi connectivity index (χ4v) is 9.05. The van der Waals surface area contributed by atoms with Crippen molar-refractivity contribution in [3.8, 4) is 0 Å². The standard InChI is InChI=1S/C26H22Se2/c1-3-7-21(8-4-1)19-23-11-15-25(16-12-23)27-28-26-17-13-24(14-18-26)20-22-9-5-2-6-10-22/h1-18H,19-20H2. The number of hydrogen-bond acceptors (Lipinski definition) is 0. The third kappa shape index (κ3) is 5.71. The van der Waals surface area contributed by atoms with Gasteiger partial charge in [-0.3, -0.25) is 0 Å². The van der Waals surface area contributed by atoms with E-state index in [1.165, 1.54) is 31.2 Å². The molecule has 0 amide bonds. The summed E-state index contributed by atoms with van der Waals surface area (Å²) in [6.07, 6.45) is 2.03. The summed E-state index contributed by atoms with van der Waals surface area (Å²) in [7, 11) is 0. The molecule has 0 nitrogen and oxygen atoms in total. The van der Waals surface area contributed by atoms with Gasteiger partial charge in [0.15, 0.2) is 0 Å². The third-order valence-corrected chi connectivity index (χ3v) is 11.8. The predicted octanol–water partition coefficient (Wildman–Crippen LogP) is 4.14. The van der Waals surface area contributed by atoms with Crippen LogP contribution in [0.5, 0.6) is 0 Å². The summed E-state index contributed by atoms with van der Waals surface area (Å²) in [5.74, 6) is 0. The molecule has 0 aromatic heterocycles. The van der Waals surface area contributed by atoms with Gasteiger partial charge in [0.25, 0.3) is 0 Å². The predicted molar refractivity (Wildman–Crippen MR) is 122 cm³/mol. The molecule has 0 aliphatic heterocycles. The van der Waals surface area contributed by atoms with E-state index in [0.29, 0.717) is 26.3 Å². The quantitative estimate of drug-likeness (QED) is 0.341. The Kier molecular flexibility index (Phi) is 6.81. The first kappa shape index (κ1) is 19.2. The van der Waals surface area contributed by atoms with Crippen LogP contribution in [0.25, 0.3) is 0 Å². The maximum atomic E-state index is 2.32. The molecule has 0 saturated carbocycles. The molecule has 138 valence electrons. The van der Waals surface area contributed by atoms with Crippen LogP contribution in [-0.4, -0.2) is 26.3 Å². The minimum atomic E-state index is 0.541. The van der Waals surface area contributed by atoms with Crippen molar-refractivity contribution >= 4 is 35.2 Å². The molecule has 4 rings (SSSR count). The molecular weight excluding hydrogens is 470 g/mol. The van der Waals surface area contributed by atoms with Gasteiger partial charge in [-0.1, -0.05) is 0 Å². The van der Waals surface area contributed by atoms with Crippen molar-refractivity contribution in [1.29, 1.82) is 0 Å². The number of rotatable bonds is 7. The second kappa shape index (κ2) is 9.92. The summed E-state index contributed by atoms with van der Waals surface area (Å²) in [6, 6.07) is 39.9. The van der Waals surface area contributed by atoms with E-state index in [4.69, 9.17) is 0 Å². The average Bonchev–Trinajstić information content (AvgIpc) is 2.76. The van der Waals surface area contributed by atoms with Crippen LogP contribution in [0.1, 0.15) is 22.3 Å². The van der Waals surface area contributed by atoms with Crippen LogP contribution in [0.15, 0.2) is 109 Å². The van der Waals surface area contributed by atoms with Gasteiger partial charge in [0, 0.05) is 0 Å². The van der Waals surface area contributed by atoms with Gasteiger partial charge in [-0.05, 0) is 0 Å². The van der Waals surface area contributed by atoms with Crippen LogP contribution < -0.4 is 8.92 Å². The monoisotopic (exact) mass is 494 g/mol. The van der Waals surface area contributed by atoms with Crippen molar-refractivity contribution < 1.29 is 0 Å². The SMILES string of the molecule is c1ccc(Cc2ccc([Se][Se]c3ccc(Cc4ccccc4)cc3)cc2)cc1. The Balaban J connectivity index is 1.30. The Morgan fingerprint density at radius 3 is 1.04 bits per heavy atom. The number of benzene rings is 4. The first-order valence-corrected chi connectivity index (χ1v) is 15.5. The Labute approximate surface area is 178 Å². The molecule has 0 saturated heterocycles. The summed E-state index contributed by atoms with van der Waals surface area (Å²) in [5.41, 5.74) is 5.54. The minimum absolute atomic E-state index is 0.541. The van der Waals surface area contributed by atoms with Crippen LogP contribution in [0, 0.1) is 0 Å². The molecule has 0 aliphatic carbocycles. The molecule has 2 heteroatoms. The fraction of sp³-hybridized carbons (Fsp3) is 0.0769. The molecule has 0 spiro atoms. The second-order valence-corrected chi connectivity index (χ2v) is 13.1. The molecule has 0 unspecified atom stereocenters. The summed E-state index contributed by atoms with van der Waals surface area (Å²) in [6.45, 7) is 0. The molecule has 0 aliphatic rings. The van der Waals surface area contributed by atoms with Crippen LogP contribution in [-0.2, 0) is 12.8 Å². The molecule has 0 heterocycles. The summed E-state index contributed by atoms with van der Waals surface area (Å²) >= 11 is 1.08. The normalized spacial score (nSPS) is 10.7. The van der Waals surface area contributed by atoms with Gasteiger partial charge in [0.1, 0.15) is 0 Å². The molecular formula is C26H22Se2. The zero-order chi connectivity index (χ0) is 19.0. The van der Waals surface area contributed by atoms with Crippen molar-refractivity contribution in [2.24, 2.45) is 0 Å². The van der Waals surface area contributed by atoms with Crippen molar-refractivity contribution in [3.05, 3.63) is 131 Å². The second-order valence-electron chi connectivity index (χ2n) is 6.78. The van der Waals surface area contributed by atoms with E-state index in [9.17, 15) is 0 Å². The van der Waals surface area contributed by atoms with Crippen molar-refractivity contribution in [2.45, 2.75) is 12.8 Å². The van der Waals surface area contributed by atoms with Gasteiger partial charge in [-0.2, -0.15) is 0 Å². The molecule has 0 atom stereocenters. The van der Waals surface area contributed by atoms with Crippen LogP contribution in [0.4, 0.5) is 0 Å². The van der Waals surface area contributed by atoms with Gasteiger partial charge in [0.2, 0.25) is 0 Å². The van der Waals surface area contributed by atoms with Gasteiger partial charge in [-0.15, -0.1) is 0 Å². The molecule has 0 radical (unpaired) electrons. The molecule has 0 bridgehead atoms. The summed E-state index contributed by atoms with van der Waals surface area (Å²) in [4.78, 5) is 0. The molecule has 0 N–H and O–H groups in total. The van der Waals surface area contributed by atoms with Crippen molar-refractivity contribution in [3.63, 3.8) is 0 Å². The van der Waals surface area contributed by atoms with E-state index < -0.39 is 0 Å². The van der Waals surface area contributed by atoms with Crippen LogP contribution in [0.2, 0.25) is 0 Å². The molecule has 4 aromatic carbocycles. The zero-order valence-corrected chi connectivity index (χ0v) is 19.0. The van der Waals surface area contributed by atoms with Crippen molar-refractivity contribution in [1.82, 2.24) is 0 Å². The molecule has 28 heavy (non-hydrogen) atoms. The average molecular weight is 492 g/mol. The van der Waals surface area contributed by atoms with Crippen LogP contribution in [0.3, 0.4) is 0 Å². The van der Waals surface area contributed by atoms with E-state index in [1.807, 2.05) is 0 Å². The Morgan fingerprint density at radius 2 is 0.679 bits per heavy atom. The first-order valence-electron chi connectivity index (χ1n) is 9.45. The van der Waals surface area contributed by atoms with Crippen LogP contribution >= 0.6 is 0 Å². The van der Waals surface area contributed by atoms with E-state index in [1.54, 1.807) is 0 Å². The van der Waals surface area contributed by atoms with Crippen molar-refractivity contribution in [2.75, 3.05) is 0 Å². The molecule has 0 fully saturated rings. The topological polar surface area (TPSA) is 0 Å².